The van der Waals surface area contributed by atoms with Gasteiger partial charge in [0.1, 0.15) is 11.2 Å². The van der Waals surface area contributed by atoms with Crippen LogP contribution in [0.15, 0.2) is 23.8 Å². The van der Waals surface area contributed by atoms with Crippen LogP contribution < -0.4 is 0 Å². The Morgan fingerprint density at radius 2 is 1.89 bits per heavy atom. The van der Waals surface area contributed by atoms with E-state index in [4.69, 9.17) is 4.74 Å². The van der Waals surface area contributed by atoms with Crippen LogP contribution >= 0.6 is 0 Å². The Balaban J connectivity index is 1.46. The monoisotopic (exact) mass is 488 g/mol. The predicted molar refractivity (Wildman–Crippen MR) is 128 cm³/mol. The maximum absolute atomic E-state index is 13.1. The minimum Gasteiger partial charge on any atom is -0.465 e. The van der Waals surface area contributed by atoms with E-state index in [-0.39, 0.29) is 61.3 Å². The van der Waals surface area contributed by atoms with Crippen molar-refractivity contribution in [2.45, 2.75) is 95.5 Å². The highest BCUT2D eigenvalue weighted by molar-refractivity contribution is 5.98. The van der Waals surface area contributed by atoms with E-state index in [9.17, 15) is 30.0 Å². The molecular formula is C28H40O7. The van der Waals surface area contributed by atoms with Crippen LogP contribution in [-0.4, -0.2) is 61.7 Å². The van der Waals surface area contributed by atoms with Crippen molar-refractivity contribution >= 4 is 11.8 Å². The maximum Gasteiger partial charge on any atom is 0.309 e. The quantitative estimate of drug-likeness (QED) is 0.354. The number of aliphatic hydroxyl groups excluding tert-OH is 1. The van der Waals surface area contributed by atoms with Gasteiger partial charge in [-0.1, -0.05) is 31.6 Å². The molecule has 10 atom stereocenters. The number of fused-ring (bicyclic) bond motifs is 5. The second-order valence-corrected chi connectivity index (χ2v) is 12.6. The molecule has 7 heteroatoms. The third-order valence-corrected chi connectivity index (χ3v) is 11.5. The molecule has 0 bridgehead atoms. The van der Waals surface area contributed by atoms with Crippen molar-refractivity contribution in [3.8, 4) is 0 Å². The van der Waals surface area contributed by atoms with Crippen molar-refractivity contribution in [1.82, 2.24) is 0 Å². The first-order valence-electron chi connectivity index (χ1n) is 13.2. The summed E-state index contributed by atoms with van der Waals surface area (Å²) in [6, 6.07) is 0. The summed E-state index contributed by atoms with van der Waals surface area (Å²) in [5.41, 5.74) is -5.55. The minimum absolute atomic E-state index is 0.0438. The summed E-state index contributed by atoms with van der Waals surface area (Å²) >= 11 is 0. The van der Waals surface area contributed by atoms with E-state index in [0.717, 1.165) is 12.0 Å². The Morgan fingerprint density at radius 1 is 1.17 bits per heavy atom. The van der Waals surface area contributed by atoms with Crippen molar-refractivity contribution in [1.29, 1.82) is 0 Å². The fourth-order valence-corrected chi connectivity index (χ4v) is 8.68. The van der Waals surface area contributed by atoms with Crippen molar-refractivity contribution < 1.29 is 34.8 Å². The minimum atomic E-state index is -1.91. The summed E-state index contributed by atoms with van der Waals surface area (Å²) in [5.74, 6) is -1.14. The number of esters is 1. The molecule has 7 nitrogen and oxygen atoms in total. The Labute approximate surface area is 207 Å². The van der Waals surface area contributed by atoms with Crippen molar-refractivity contribution in [3.05, 3.63) is 23.8 Å². The molecule has 194 valence electrons. The van der Waals surface area contributed by atoms with Gasteiger partial charge in [-0.25, -0.2) is 0 Å². The van der Waals surface area contributed by atoms with Crippen LogP contribution in [0.2, 0.25) is 0 Å². The molecule has 0 aromatic rings. The van der Waals surface area contributed by atoms with E-state index in [1.54, 1.807) is 13.0 Å². The first-order valence-corrected chi connectivity index (χ1v) is 13.2. The van der Waals surface area contributed by atoms with Crippen molar-refractivity contribution in [3.63, 3.8) is 0 Å². The Bertz CT molecular complexity index is 999. The Morgan fingerprint density at radius 3 is 2.54 bits per heavy atom. The molecule has 4 aliphatic carbocycles. The van der Waals surface area contributed by atoms with Gasteiger partial charge in [-0.05, 0) is 76.7 Å². The second-order valence-electron chi connectivity index (χ2n) is 12.6. The molecule has 1 saturated heterocycles. The molecule has 0 aromatic carbocycles. The lowest BCUT2D eigenvalue weighted by molar-refractivity contribution is -0.278. The maximum atomic E-state index is 13.1. The molecule has 1 heterocycles. The lowest BCUT2D eigenvalue weighted by atomic mass is 9.44. The summed E-state index contributed by atoms with van der Waals surface area (Å²) in [6.07, 6.45) is 7.39. The highest BCUT2D eigenvalue weighted by atomic mass is 16.5. The molecule has 0 aromatic heterocycles. The second kappa shape index (κ2) is 7.73. The third kappa shape index (κ3) is 2.98. The number of rotatable bonds is 4. The zero-order valence-corrected chi connectivity index (χ0v) is 21.3. The molecule has 0 spiro atoms. The smallest absolute Gasteiger partial charge is 0.309 e. The number of hydrogen-bond donors (Lipinski definition) is 4. The fourth-order valence-electron chi connectivity index (χ4n) is 8.68. The molecule has 0 radical (unpaired) electrons. The highest BCUT2D eigenvalue weighted by Crippen LogP contribution is 2.70. The molecule has 5 aliphatic rings. The average molecular weight is 489 g/mol. The van der Waals surface area contributed by atoms with E-state index in [1.807, 2.05) is 19.9 Å². The van der Waals surface area contributed by atoms with Crippen LogP contribution in [0.4, 0.5) is 0 Å². The first-order chi connectivity index (χ1) is 16.2. The number of aliphatic hydroxyl groups is 4. The topological polar surface area (TPSA) is 124 Å². The standard InChI is InChI=1S/C28H40O7/c1-16-17(15-35-23(16)31)14-22(30)26(4,32)28(34)13-12-27(33)20-9-8-18-6-5-7-21(29)25(18,3)19(20)10-11-24(27,28)2/h5,7-8,16-17,19-20,22,30,32-34H,6,9-15H2,1-4H3. The van der Waals surface area contributed by atoms with Gasteiger partial charge in [0.25, 0.3) is 0 Å². The van der Waals surface area contributed by atoms with E-state index in [0.29, 0.717) is 19.3 Å². The van der Waals surface area contributed by atoms with Gasteiger partial charge in [0, 0.05) is 11.3 Å². The number of cyclic esters (lactones) is 1. The lowest BCUT2D eigenvalue weighted by Gasteiger charge is -2.63. The summed E-state index contributed by atoms with van der Waals surface area (Å²) in [6.45, 7) is 7.23. The van der Waals surface area contributed by atoms with Gasteiger partial charge in [-0.2, -0.15) is 0 Å². The van der Waals surface area contributed by atoms with E-state index < -0.39 is 33.7 Å². The van der Waals surface area contributed by atoms with E-state index in [1.165, 1.54) is 6.92 Å². The van der Waals surface area contributed by atoms with Gasteiger partial charge < -0.3 is 25.2 Å². The van der Waals surface area contributed by atoms with Gasteiger partial charge in [0.15, 0.2) is 5.78 Å². The number of ether oxygens (including phenoxy) is 1. The third-order valence-electron chi connectivity index (χ3n) is 11.5. The first kappa shape index (κ1) is 25.1. The van der Waals surface area contributed by atoms with Crippen LogP contribution in [-0.2, 0) is 14.3 Å². The molecular weight excluding hydrogens is 448 g/mol. The molecule has 2 saturated carbocycles. The summed E-state index contributed by atoms with van der Waals surface area (Å²) in [7, 11) is 0. The fraction of sp³-hybridized carbons (Fsp3) is 0.786. The van der Waals surface area contributed by atoms with Crippen molar-refractivity contribution in [2.75, 3.05) is 6.61 Å². The van der Waals surface area contributed by atoms with Crippen molar-refractivity contribution in [2.24, 2.45) is 34.5 Å². The molecule has 5 rings (SSSR count). The van der Waals surface area contributed by atoms with Crippen LogP contribution in [0.1, 0.15) is 72.6 Å². The lowest BCUT2D eigenvalue weighted by Crippen LogP contribution is -2.71. The zero-order chi connectivity index (χ0) is 25.6. The number of carbonyl (C=O) groups is 2. The molecule has 3 fully saturated rings. The Kier molecular flexibility index (Phi) is 5.55. The molecule has 1 aliphatic heterocycles. The highest BCUT2D eigenvalue weighted by Gasteiger charge is 2.76. The summed E-state index contributed by atoms with van der Waals surface area (Å²) in [4.78, 5) is 24.9. The Hall–Kier alpha value is -1.54. The molecule has 0 amide bonds. The number of ketones is 1. The average Bonchev–Trinajstić information content (AvgIpc) is 3.24. The normalized spacial score (nSPS) is 49.4. The van der Waals surface area contributed by atoms with Crippen LogP contribution in [0, 0.1) is 34.5 Å². The van der Waals surface area contributed by atoms with Gasteiger partial charge >= 0.3 is 5.97 Å². The SMILES string of the molecule is CC1C(=O)OCC1CC(O)C(C)(O)C1(O)CCC2(O)C3CC=C4CC=CC(=O)C4(C)C3CCC21C. The predicted octanol–water partition coefficient (Wildman–Crippen LogP) is 2.45. The number of carbonyl (C=O) groups excluding carboxylic acids is 2. The van der Waals surface area contributed by atoms with Gasteiger partial charge in [0.2, 0.25) is 0 Å². The zero-order valence-electron chi connectivity index (χ0n) is 21.3. The molecule has 10 unspecified atom stereocenters. The largest absolute Gasteiger partial charge is 0.465 e. The van der Waals surface area contributed by atoms with Gasteiger partial charge in [-0.15, -0.1) is 0 Å². The summed E-state index contributed by atoms with van der Waals surface area (Å²) < 4.78 is 5.11. The van der Waals surface area contributed by atoms with Crippen LogP contribution in [0.25, 0.3) is 0 Å². The molecule has 35 heavy (non-hydrogen) atoms. The van der Waals surface area contributed by atoms with E-state index in [2.05, 4.69) is 6.08 Å². The molecule has 4 N–H and O–H groups in total. The number of hydrogen-bond acceptors (Lipinski definition) is 7. The van der Waals surface area contributed by atoms with Gasteiger partial charge in [-0.3, -0.25) is 9.59 Å². The van der Waals surface area contributed by atoms with Gasteiger partial charge in [0.05, 0.1) is 29.6 Å². The summed E-state index contributed by atoms with van der Waals surface area (Å²) in [5, 5.41) is 47.4. The van der Waals surface area contributed by atoms with E-state index >= 15 is 0 Å². The van der Waals surface area contributed by atoms with Crippen LogP contribution in [0.3, 0.4) is 0 Å². The number of allylic oxidation sites excluding steroid dienone is 4. The van der Waals surface area contributed by atoms with Crippen LogP contribution in [0.5, 0.6) is 0 Å².